The van der Waals surface area contributed by atoms with E-state index in [0.717, 1.165) is 37.8 Å². The lowest BCUT2D eigenvalue weighted by atomic mass is 10.1. The van der Waals surface area contributed by atoms with E-state index < -0.39 is 0 Å². The topological polar surface area (TPSA) is 72.4 Å². The number of anilines is 1. The number of fused-ring (bicyclic) bond motifs is 3. The second-order valence-corrected chi connectivity index (χ2v) is 10.7. The second-order valence-electron chi connectivity index (χ2n) is 9.62. The number of ether oxygens (including phenoxy) is 1. The third kappa shape index (κ3) is 4.79. The Morgan fingerprint density at radius 3 is 2.78 bits per heavy atom. The molecule has 0 radical (unpaired) electrons. The molecule has 186 valence electrons. The third-order valence-electron chi connectivity index (χ3n) is 6.98. The van der Waals surface area contributed by atoms with Crippen molar-refractivity contribution < 1.29 is 14.3 Å². The van der Waals surface area contributed by atoms with Gasteiger partial charge in [0, 0.05) is 47.3 Å². The van der Waals surface area contributed by atoms with Gasteiger partial charge in [0.15, 0.2) is 5.78 Å². The molecular weight excluding hydrogens is 482 g/mol. The number of hydrogen-bond donors (Lipinski definition) is 0. The van der Waals surface area contributed by atoms with Crippen LogP contribution >= 0.6 is 11.3 Å². The average Bonchev–Trinajstić information content (AvgIpc) is 3.67. The molecule has 0 unspecified atom stereocenters. The molecule has 1 saturated carbocycles. The Morgan fingerprint density at radius 1 is 1.08 bits per heavy atom. The molecular formula is C30H27N3O3S. The van der Waals surface area contributed by atoms with Crippen molar-refractivity contribution in [1.82, 2.24) is 9.97 Å². The number of benzene rings is 1. The lowest BCUT2D eigenvalue weighted by molar-refractivity contribution is 0.0972. The molecule has 0 atom stereocenters. The Morgan fingerprint density at radius 2 is 1.95 bits per heavy atom. The molecule has 6 nitrogen and oxygen atoms in total. The summed E-state index contributed by atoms with van der Waals surface area (Å²) in [7, 11) is 1.60. The Hall–Kier alpha value is -3.84. The lowest BCUT2D eigenvalue weighted by Crippen LogP contribution is -2.33. The molecule has 4 heterocycles. The van der Waals surface area contributed by atoms with Crippen LogP contribution in [0.25, 0.3) is 10.4 Å². The van der Waals surface area contributed by atoms with Gasteiger partial charge in [0.1, 0.15) is 5.69 Å². The van der Waals surface area contributed by atoms with Crippen LogP contribution in [-0.2, 0) is 12.8 Å². The highest BCUT2D eigenvalue weighted by Gasteiger charge is 2.30. The molecule has 1 aromatic carbocycles. The average molecular weight is 510 g/mol. The number of carbonyl (C=O) groups excluding carboxylic acids is 2. The molecule has 4 aromatic rings. The smallest absolute Gasteiger partial charge is 0.276 e. The number of thiophene rings is 1. The van der Waals surface area contributed by atoms with Gasteiger partial charge in [0.2, 0.25) is 5.88 Å². The van der Waals surface area contributed by atoms with E-state index in [1.165, 1.54) is 12.8 Å². The van der Waals surface area contributed by atoms with Gasteiger partial charge in [-0.05, 0) is 61.1 Å². The second kappa shape index (κ2) is 9.90. The SMILES string of the molecule is COc1ncccc1Cc1cccc(C(=O)N2CCc3cc(C(=O)CC4CC4)sc3-c3ccccc32)n1. The first kappa shape index (κ1) is 23.6. The molecule has 1 amide bonds. The fourth-order valence-corrected chi connectivity index (χ4v) is 6.10. The molecule has 0 N–H and O–H groups in total. The number of ketones is 1. The van der Waals surface area contributed by atoms with Crippen LogP contribution in [0.1, 0.15) is 56.2 Å². The Labute approximate surface area is 220 Å². The zero-order valence-electron chi connectivity index (χ0n) is 20.6. The van der Waals surface area contributed by atoms with Crippen molar-refractivity contribution >= 4 is 28.7 Å². The van der Waals surface area contributed by atoms with E-state index in [9.17, 15) is 9.59 Å². The van der Waals surface area contributed by atoms with Crippen LogP contribution in [-0.4, -0.2) is 35.3 Å². The van der Waals surface area contributed by atoms with Gasteiger partial charge in [-0.25, -0.2) is 9.97 Å². The minimum atomic E-state index is -0.132. The van der Waals surface area contributed by atoms with Gasteiger partial charge in [-0.15, -0.1) is 11.3 Å². The summed E-state index contributed by atoms with van der Waals surface area (Å²) in [5.74, 6) is 1.24. The lowest BCUT2D eigenvalue weighted by Gasteiger charge is -2.23. The molecule has 0 spiro atoms. The highest BCUT2D eigenvalue weighted by molar-refractivity contribution is 7.17. The minimum absolute atomic E-state index is 0.132. The van der Waals surface area contributed by atoms with Crippen LogP contribution in [0.5, 0.6) is 5.88 Å². The fraction of sp³-hybridized carbons (Fsp3) is 0.267. The normalized spacial score (nSPS) is 14.5. The standard InChI is InChI=1S/C30H27N3O3S/c1-36-29-21(6-5-14-31-29)17-22-7-4-9-24(32-22)30(35)33-15-13-20-18-27(26(34)16-19-11-12-19)37-28(20)23-8-2-3-10-25(23)33/h2-10,14,18-19H,11-13,15-17H2,1H3. The molecule has 0 saturated heterocycles. The number of nitrogens with zero attached hydrogens (tertiary/aromatic N) is 3. The summed E-state index contributed by atoms with van der Waals surface area (Å²) in [6, 6.07) is 19.4. The zero-order valence-corrected chi connectivity index (χ0v) is 21.5. The van der Waals surface area contributed by atoms with Gasteiger partial charge in [-0.3, -0.25) is 9.59 Å². The van der Waals surface area contributed by atoms with Gasteiger partial charge < -0.3 is 9.64 Å². The molecule has 0 bridgehead atoms. The van der Waals surface area contributed by atoms with E-state index in [1.54, 1.807) is 30.7 Å². The number of rotatable bonds is 7. The van der Waals surface area contributed by atoms with Crippen LogP contribution in [0.4, 0.5) is 5.69 Å². The quantitative estimate of drug-likeness (QED) is 0.286. The van der Waals surface area contributed by atoms with Crippen molar-refractivity contribution in [3.63, 3.8) is 0 Å². The maximum absolute atomic E-state index is 13.8. The van der Waals surface area contributed by atoms with E-state index in [2.05, 4.69) is 11.1 Å². The number of hydrogen-bond acceptors (Lipinski definition) is 6. The van der Waals surface area contributed by atoms with E-state index in [0.29, 0.717) is 43.3 Å². The molecule has 6 rings (SSSR count). The largest absolute Gasteiger partial charge is 0.481 e. The van der Waals surface area contributed by atoms with Crippen molar-refractivity contribution in [3.8, 4) is 16.3 Å². The first-order chi connectivity index (χ1) is 18.1. The fourth-order valence-electron chi connectivity index (χ4n) is 4.90. The number of Topliss-reactive ketones (excluding diaryl/α,β-unsaturated/α-hetero) is 1. The molecule has 2 aliphatic rings. The van der Waals surface area contributed by atoms with Crippen LogP contribution in [0, 0.1) is 5.92 Å². The monoisotopic (exact) mass is 509 g/mol. The summed E-state index contributed by atoms with van der Waals surface area (Å²) in [6.45, 7) is 0.526. The first-order valence-corrected chi connectivity index (χ1v) is 13.4. The highest BCUT2D eigenvalue weighted by atomic mass is 32.1. The summed E-state index contributed by atoms with van der Waals surface area (Å²) in [5, 5.41) is 0. The number of carbonyl (C=O) groups is 2. The van der Waals surface area contributed by atoms with Gasteiger partial charge >= 0.3 is 0 Å². The molecule has 37 heavy (non-hydrogen) atoms. The predicted molar refractivity (Wildman–Crippen MR) is 145 cm³/mol. The van der Waals surface area contributed by atoms with Gasteiger partial charge in [0.05, 0.1) is 17.7 Å². The van der Waals surface area contributed by atoms with Crippen molar-refractivity contribution in [3.05, 3.63) is 94.3 Å². The molecule has 3 aromatic heterocycles. The number of amides is 1. The van der Waals surface area contributed by atoms with Crippen LogP contribution < -0.4 is 9.64 Å². The highest BCUT2D eigenvalue weighted by Crippen LogP contribution is 2.43. The van der Waals surface area contributed by atoms with Gasteiger partial charge in [-0.2, -0.15) is 0 Å². The van der Waals surface area contributed by atoms with Crippen molar-refractivity contribution in [2.45, 2.75) is 32.1 Å². The Balaban J connectivity index is 1.29. The third-order valence-corrected chi connectivity index (χ3v) is 8.24. The van der Waals surface area contributed by atoms with Gasteiger partial charge in [-0.1, -0.05) is 30.3 Å². The summed E-state index contributed by atoms with van der Waals surface area (Å²) >= 11 is 1.57. The maximum Gasteiger partial charge on any atom is 0.276 e. The molecule has 1 aliphatic carbocycles. The molecule has 7 heteroatoms. The number of pyridine rings is 2. The van der Waals surface area contributed by atoms with Crippen molar-refractivity contribution in [2.24, 2.45) is 5.92 Å². The summed E-state index contributed by atoms with van der Waals surface area (Å²) in [5.41, 5.74) is 5.08. The summed E-state index contributed by atoms with van der Waals surface area (Å²) in [4.78, 5) is 39.3. The van der Waals surface area contributed by atoms with Gasteiger partial charge in [0.25, 0.3) is 5.91 Å². The van der Waals surface area contributed by atoms with Crippen molar-refractivity contribution in [1.29, 1.82) is 0 Å². The molecule has 1 fully saturated rings. The summed E-state index contributed by atoms with van der Waals surface area (Å²) < 4.78 is 5.38. The maximum atomic E-state index is 13.8. The van der Waals surface area contributed by atoms with E-state index in [4.69, 9.17) is 9.72 Å². The van der Waals surface area contributed by atoms with E-state index >= 15 is 0 Å². The van der Waals surface area contributed by atoms with Crippen LogP contribution in [0.3, 0.4) is 0 Å². The van der Waals surface area contributed by atoms with Crippen LogP contribution in [0.2, 0.25) is 0 Å². The minimum Gasteiger partial charge on any atom is -0.481 e. The summed E-state index contributed by atoms with van der Waals surface area (Å²) in [6.07, 6.45) is 5.89. The number of para-hydroxylation sites is 1. The predicted octanol–water partition coefficient (Wildman–Crippen LogP) is 5.99. The number of aromatic nitrogens is 2. The van der Waals surface area contributed by atoms with E-state index in [1.807, 2.05) is 53.4 Å². The van der Waals surface area contributed by atoms with Crippen molar-refractivity contribution in [2.75, 3.05) is 18.6 Å². The Bertz CT molecular complexity index is 1490. The number of methoxy groups -OCH3 is 1. The Kier molecular flexibility index (Phi) is 6.30. The zero-order chi connectivity index (χ0) is 25.4. The van der Waals surface area contributed by atoms with Crippen LogP contribution in [0.15, 0.2) is 66.9 Å². The first-order valence-electron chi connectivity index (χ1n) is 12.6. The molecule has 1 aliphatic heterocycles. The van der Waals surface area contributed by atoms with E-state index in [-0.39, 0.29) is 11.7 Å².